The minimum absolute atomic E-state index is 0.690. The first-order chi connectivity index (χ1) is 13.9. The predicted molar refractivity (Wildman–Crippen MR) is 108 cm³/mol. The van der Waals surface area contributed by atoms with Gasteiger partial charge >= 0.3 is 0 Å². The van der Waals surface area contributed by atoms with Crippen LogP contribution in [0.4, 0.5) is 0 Å². The number of aromatic amines is 3. The van der Waals surface area contributed by atoms with E-state index in [0.717, 1.165) is 50.1 Å². The lowest BCUT2D eigenvalue weighted by Crippen LogP contribution is -1.84. The fourth-order valence-electron chi connectivity index (χ4n) is 3.30. The van der Waals surface area contributed by atoms with Gasteiger partial charge in [0, 0.05) is 34.3 Å². The van der Waals surface area contributed by atoms with E-state index in [1.165, 1.54) is 0 Å². The first-order valence-electron chi connectivity index (χ1n) is 8.58. The van der Waals surface area contributed by atoms with Crippen molar-refractivity contribution in [1.82, 2.24) is 40.3 Å². The molecule has 134 valence electrons. The highest BCUT2D eigenvalue weighted by Crippen LogP contribution is 2.31. The Balaban J connectivity index is 1.55. The van der Waals surface area contributed by atoms with E-state index in [1.54, 1.807) is 29.9 Å². The van der Waals surface area contributed by atoms with Gasteiger partial charge in [-0.1, -0.05) is 0 Å². The fourth-order valence-corrected chi connectivity index (χ4v) is 3.94. The molecule has 0 radical (unpaired) electrons. The topological polar surface area (TPSA) is 112 Å². The number of imidazole rings is 1. The molecule has 0 aliphatic rings. The van der Waals surface area contributed by atoms with Crippen molar-refractivity contribution in [3.05, 3.63) is 53.7 Å². The van der Waals surface area contributed by atoms with Crippen molar-refractivity contribution in [2.75, 3.05) is 0 Å². The molecule has 6 aromatic heterocycles. The molecule has 0 saturated heterocycles. The Morgan fingerprint density at radius 2 is 1.96 bits per heavy atom. The third-order valence-electron chi connectivity index (χ3n) is 4.66. The summed E-state index contributed by atoms with van der Waals surface area (Å²) >= 11 is 1.64. The lowest BCUT2D eigenvalue weighted by Gasteiger charge is -1.97. The first-order valence-corrected chi connectivity index (χ1v) is 9.52. The molecule has 3 N–H and O–H groups in total. The molecular weight excluding hydrogens is 372 g/mol. The predicted octanol–water partition coefficient (Wildman–Crippen LogP) is 4.01. The van der Waals surface area contributed by atoms with Crippen molar-refractivity contribution < 1.29 is 0 Å². The van der Waals surface area contributed by atoms with E-state index in [-0.39, 0.29) is 0 Å². The highest BCUT2D eigenvalue weighted by molar-refractivity contribution is 7.08. The van der Waals surface area contributed by atoms with Crippen molar-refractivity contribution in [3.8, 4) is 34.0 Å². The van der Waals surface area contributed by atoms with Crippen molar-refractivity contribution >= 4 is 33.3 Å². The highest BCUT2D eigenvalue weighted by Gasteiger charge is 2.17. The van der Waals surface area contributed by atoms with Crippen LogP contribution in [-0.2, 0) is 0 Å². The Bertz CT molecular complexity index is 1410. The number of rotatable bonds is 3. The second kappa shape index (κ2) is 5.83. The van der Waals surface area contributed by atoms with Crippen LogP contribution in [0, 0.1) is 0 Å². The molecule has 0 fully saturated rings. The normalized spacial score (nSPS) is 11.6. The summed E-state index contributed by atoms with van der Waals surface area (Å²) in [5.41, 5.74) is 7.01. The SMILES string of the molecule is c1cc2[nH]c(-c3n[nH]c4cnc(-c5cn[nH]c5)cc34)nc2c(-c2ccsc2)n1. The summed E-state index contributed by atoms with van der Waals surface area (Å²) in [4.78, 5) is 17.2. The molecule has 0 unspecified atom stereocenters. The minimum Gasteiger partial charge on any atom is -0.336 e. The summed E-state index contributed by atoms with van der Waals surface area (Å²) in [5, 5.41) is 19.4. The van der Waals surface area contributed by atoms with Crippen LogP contribution in [-0.4, -0.2) is 40.3 Å². The molecule has 28 heavy (non-hydrogen) atoms. The summed E-state index contributed by atoms with van der Waals surface area (Å²) in [6, 6.07) is 5.97. The lowest BCUT2D eigenvalue weighted by molar-refractivity contribution is 1.09. The van der Waals surface area contributed by atoms with E-state index in [9.17, 15) is 0 Å². The zero-order valence-corrected chi connectivity index (χ0v) is 15.2. The molecule has 0 aliphatic carbocycles. The zero-order valence-electron chi connectivity index (χ0n) is 14.3. The quantitative estimate of drug-likeness (QED) is 0.427. The number of thiophene rings is 1. The minimum atomic E-state index is 0.690. The molecule has 0 saturated carbocycles. The number of H-pyrrole nitrogens is 3. The monoisotopic (exact) mass is 384 g/mol. The Hall–Kier alpha value is -3.85. The summed E-state index contributed by atoms with van der Waals surface area (Å²) in [6.07, 6.45) is 7.12. The van der Waals surface area contributed by atoms with Gasteiger partial charge < -0.3 is 4.98 Å². The van der Waals surface area contributed by atoms with Crippen LogP contribution >= 0.6 is 11.3 Å². The van der Waals surface area contributed by atoms with Crippen LogP contribution in [0.15, 0.2) is 53.7 Å². The molecule has 6 rings (SSSR count). The van der Waals surface area contributed by atoms with E-state index < -0.39 is 0 Å². The van der Waals surface area contributed by atoms with Crippen molar-refractivity contribution in [2.24, 2.45) is 0 Å². The second-order valence-electron chi connectivity index (χ2n) is 6.33. The number of aromatic nitrogens is 8. The van der Waals surface area contributed by atoms with Gasteiger partial charge in [-0.25, -0.2) is 4.98 Å². The smallest absolute Gasteiger partial charge is 0.159 e. The molecule has 0 amide bonds. The average Bonchev–Trinajstić information content (AvgIpc) is 3.53. The maximum Gasteiger partial charge on any atom is 0.159 e. The molecule has 0 spiro atoms. The van der Waals surface area contributed by atoms with Crippen LogP contribution in [0.5, 0.6) is 0 Å². The van der Waals surface area contributed by atoms with Gasteiger partial charge in [0.15, 0.2) is 5.82 Å². The summed E-state index contributed by atoms with van der Waals surface area (Å²) in [7, 11) is 0. The number of nitrogens with zero attached hydrogens (tertiary/aromatic N) is 5. The number of hydrogen-bond acceptors (Lipinski definition) is 6. The van der Waals surface area contributed by atoms with Gasteiger partial charge in [-0.3, -0.25) is 20.2 Å². The number of fused-ring (bicyclic) bond motifs is 2. The van der Waals surface area contributed by atoms with E-state index in [0.29, 0.717) is 5.82 Å². The van der Waals surface area contributed by atoms with E-state index in [4.69, 9.17) is 4.98 Å². The third kappa shape index (κ3) is 2.26. The fraction of sp³-hybridized carbons (Fsp3) is 0. The molecule has 0 bridgehead atoms. The first kappa shape index (κ1) is 15.2. The number of pyridine rings is 2. The van der Waals surface area contributed by atoms with Gasteiger partial charge in [-0.15, -0.1) is 0 Å². The Morgan fingerprint density at radius 3 is 2.82 bits per heavy atom. The van der Waals surface area contributed by atoms with Gasteiger partial charge in [0.1, 0.15) is 11.2 Å². The van der Waals surface area contributed by atoms with Crippen LogP contribution in [0.3, 0.4) is 0 Å². The maximum atomic E-state index is 4.82. The molecule has 8 nitrogen and oxygen atoms in total. The Labute approximate surface area is 161 Å². The lowest BCUT2D eigenvalue weighted by atomic mass is 10.1. The van der Waals surface area contributed by atoms with Crippen LogP contribution < -0.4 is 0 Å². The largest absolute Gasteiger partial charge is 0.336 e. The second-order valence-corrected chi connectivity index (χ2v) is 7.11. The van der Waals surface area contributed by atoms with Crippen molar-refractivity contribution in [3.63, 3.8) is 0 Å². The standard InChI is InChI=1S/C19H12N8S/c1-3-20-16(10-2-4-28-9-10)18-13(1)24-19(25-18)17-12-5-14(11-6-22-23-7-11)21-8-15(12)26-27-17/h1-9H,(H,22,23)(H,24,25)(H,26,27). The zero-order chi connectivity index (χ0) is 18.5. The molecule has 9 heteroatoms. The molecule has 6 aromatic rings. The van der Waals surface area contributed by atoms with Crippen LogP contribution in [0.25, 0.3) is 56.0 Å². The summed E-state index contributed by atoms with van der Waals surface area (Å²) in [6.45, 7) is 0. The van der Waals surface area contributed by atoms with E-state index in [2.05, 4.69) is 40.7 Å². The van der Waals surface area contributed by atoms with E-state index in [1.807, 2.05) is 29.8 Å². The van der Waals surface area contributed by atoms with Crippen molar-refractivity contribution in [2.45, 2.75) is 0 Å². The molecule has 0 aromatic carbocycles. The van der Waals surface area contributed by atoms with Gasteiger partial charge in [0.25, 0.3) is 0 Å². The summed E-state index contributed by atoms with van der Waals surface area (Å²) < 4.78 is 0. The van der Waals surface area contributed by atoms with Gasteiger partial charge in [-0.05, 0) is 23.6 Å². The highest BCUT2D eigenvalue weighted by atomic mass is 32.1. The number of nitrogens with one attached hydrogen (secondary N) is 3. The van der Waals surface area contributed by atoms with Crippen LogP contribution in [0.2, 0.25) is 0 Å². The molecule has 0 aliphatic heterocycles. The Morgan fingerprint density at radius 1 is 0.964 bits per heavy atom. The Kier molecular flexibility index (Phi) is 3.17. The van der Waals surface area contributed by atoms with Gasteiger partial charge in [-0.2, -0.15) is 21.5 Å². The number of hydrogen-bond donors (Lipinski definition) is 3. The third-order valence-corrected chi connectivity index (χ3v) is 5.34. The van der Waals surface area contributed by atoms with Crippen LogP contribution in [0.1, 0.15) is 0 Å². The van der Waals surface area contributed by atoms with Gasteiger partial charge in [0.2, 0.25) is 0 Å². The molecule has 0 atom stereocenters. The van der Waals surface area contributed by atoms with E-state index >= 15 is 0 Å². The molecular formula is C19H12N8S. The van der Waals surface area contributed by atoms with Crippen molar-refractivity contribution in [1.29, 1.82) is 0 Å². The van der Waals surface area contributed by atoms with Gasteiger partial charge in [0.05, 0.1) is 34.8 Å². The average molecular weight is 384 g/mol. The maximum absolute atomic E-state index is 4.82. The summed E-state index contributed by atoms with van der Waals surface area (Å²) in [5.74, 6) is 0.690. The molecule has 6 heterocycles.